The summed E-state index contributed by atoms with van der Waals surface area (Å²) in [6.07, 6.45) is 3.51. The van der Waals surface area contributed by atoms with Gasteiger partial charge in [-0.15, -0.1) is 0 Å². The number of hydrogen-bond donors (Lipinski definition) is 1. The van der Waals surface area contributed by atoms with Gasteiger partial charge in [0.15, 0.2) is 0 Å². The molecule has 0 amide bonds. The molecule has 0 spiro atoms. The van der Waals surface area contributed by atoms with Crippen molar-refractivity contribution in [2.45, 2.75) is 44.7 Å². The average molecular weight is 274 g/mol. The van der Waals surface area contributed by atoms with Crippen LogP contribution in [-0.2, 0) is 0 Å². The van der Waals surface area contributed by atoms with Crippen LogP contribution in [-0.4, -0.2) is 36.7 Å². The van der Waals surface area contributed by atoms with E-state index in [2.05, 4.69) is 48.3 Å². The largest absolute Gasteiger partial charge is 0.493 e. The molecule has 1 aromatic carbocycles. The first-order valence-electron chi connectivity index (χ1n) is 7.99. The lowest BCUT2D eigenvalue weighted by atomic mass is 9.88. The van der Waals surface area contributed by atoms with Gasteiger partial charge in [-0.2, -0.15) is 0 Å². The standard InChI is InChI=1S/C17H26N2O/c1-3-17(4-2)13-19(11-10-18-17)15-9-12-20-16-8-6-5-7-14(15)16/h5-8,15,18H,3-4,9-13H2,1-2H3. The minimum absolute atomic E-state index is 0.297. The second-order valence-corrected chi connectivity index (χ2v) is 6.08. The summed E-state index contributed by atoms with van der Waals surface area (Å²) >= 11 is 0. The highest BCUT2D eigenvalue weighted by molar-refractivity contribution is 5.37. The molecule has 3 heteroatoms. The van der Waals surface area contributed by atoms with Gasteiger partial charge in [0, 0.05) is 43.2 Å². The molecule has 1 aromatic rings. The van der Waals surface area contributed by atoms with Gasteiger partial charge in [-0.1, -0.05) is 32.0 Å². The van der Waals surface area contributed by atoms with Crippen LogP contribution < -0.4 is 10.1 Å². The molecule has 3 nitrogen and oxygen atoms in total. The maximum Gasteiger partial charge on any atom is 0.124 e. The summed E-state index contributed by atoms with van der Waals surface area (Å²) in [7, 11) is 0. The molecule has 1 N–H and O–H groups in total. The Labute approximate surface area is 122 Å². The third-order valence-corrected chi connectivity index (χ3v) is 5.13. The van der Waals surface area contributed by atoms with Gasteiger partial charge in [0.05, 0.1) is 6.61 Å². The van der Waals surface area contributed by atoms with Crippen molar-refractivity contribution in [1.82, 2.24) is 10.2 Å². The van der Waals surface area contributed by atoms with Gasteiger partial charge in [0.1, 0.15) is 5.75 Å². The fraction of sp³-hybridized carbons (Fsp3) is 0.647. The monoisotopic (exact) mass is 274 g/mol. The zero-order valence-electron chi connectivity index (χ0n) is 12.7. The number of ether oxygens (including phenoxy) is 1. The highest BCUT2D eigenvalue weighted by atomic mass is 16.5. The fourth-order valence-electron chi connectivity index (χ4n) is 3.68. The van der Waals surface area contributed by atoms with Crippen molar-refractivity contribution >= 4 is 0 Å². The molecular formula is C17H26N2O. The molecule has 110 valence electrons. The van der Waals surface area contributed by atoms with E-state index < -0.39 is 0 Å². The minimum atomic E-state index is 0.297. The molecule has 0 aliphatic carbocycles. The van der Waals surface area contributed by atoms with Crippen LogP contribution >= 0.6 is 0 Å². The summed E-state index contributed by atoms with van der Waals surface area (Å²) < 4.78 is 5.81. The maximum absolute atomic E-state index is 5.81. The highest BCUT2D eigenvalue weighted by Gasteiger charge is 2.36. The van der Waals surface area contributed by atoms with Crippen molar-refractivity contribution < 1.29 is 4.74 Å². The summed E-state index contributed by atoms with van der Waals surface area (Å²) in [4.78, 5) is 2.67. The van der Waals surface area contributed by atoms with E-state index in [0.717, 1.165) is 38.4 Å². The fourth-order valence-corrected chi connectivity index (χ4v) is 3.68. The molecule has 2 heterocycles. The first kappa shape index (κ1) is 13.9. The van der Waals surface area contributed by atoms with Crippen molar-refractivity contribution in [2.75, 3.05) is 26.2 Å². The second-order valence-electron chi connectivity index (χ2n) is 6.08. The Morgan fingerprint density at radius 1 is 1.30 bits per heavy atom. The molecule has 1 atom stereocenters. The number of nitrogens with one attached hydrogen (secondary N) is 1. The van der Waals surface area contributed by atoms with Crippen LogP contribution in [0.3, 0.4) is 0 Å². The lowest BCUT2D eigenvalue weighted by Gasteiger charge is -2.47. The number of para-hydroxylation sites is 1. The smallest absolute Gasteiger partial charge is 0.124 e. The molecule has 0 saturated carbocycles. The number of piperazine rings is 1. The Morgan fingerprint density at radius 2 is 2.10 bits per heavy atom. The van der Waals surface area contributed by atoms with Crippen molar-refractivity contribution in [2.24, 2.45) is 0 Å². The number of rotatable bonds is 3. The van der Waals surface area contributed by atoms with Crippen LogP contribution in [0.15, 0.2) is 24.3 Å². The Bertz CT molecular complexity index is 456. The Morgan fingerprint density at radius 3 is 2.90 bits per heavy atom. The topological polar surface area (TPSA) is 24.5 Å². The predicted octanol–water partition coefficient (Wildman–Crippen LogP) is 2.97. The van der Waals surface area contributed by atoms with E-state index in [-0.39, 0.29) is 0 Å². The number of benzene rings is 1. The van der Waals surface area contributed by atoms with Crippen LogP contribution in [0, 0.1) is 0 Å². The van der Waals surface area contributed by atoms with E-state index in [1.165, 1.54) is 18.4 Å². The van der Waals surface area contributed by atoms with E-state index in [1.807, 2.05) is 0 Å². The van der Waals surface area contributed by atoms with E-state index in [0.29, 0.717) is 11.6 Å². The van der Waals surface area contributed by atoms with Crippen molar-refractivity contribution in [3.63, 3.8) is 0 Å². The lowest BCUT2D eigenvalue weighted by molar-refractivity contribution is 0.0647. The maximum atomic E-state index is 5.81. The number of nitrogens with zero attached hydrogens (tertiary/aromatic N) is 1. The van der Waals surface area contributed by atoms with Gasteiger partial charge in [-0.3, -0.25) is 4.90 Å². The third-order valence-electron chi connectivity index (χ3n) is 5.13. The van der Waals surface area contributed by atoms with Crippen LogP contribution in [0.1, 0.15) is 44.7 Å². The summed E-state index contributed by atoms with van der Waals surface area (Å²) in [5.41, 5.74) is 1.67. The second kappa shape index (κ2) is 5.74. The Hall–Kier alpha value is -1.06. The SMILES string of the molecule is CCC1(CC)CN(C2CCOc3ccccc32)CCN1. The quantitative estimate of drug-likeness (QED) is 0.917. The molecule has 1 fully saturated rings. The van der Waals surface area contributed by atoms with Gasteiger partial charge in [-0.05, 0) is 18.9 Å². The molecule has 0 bridgehead atoms. The predicted molar refractivity (Wildman–Crippen MR) is 82.2 cm³/mol. The van der Waals surface area contributed by atoms with Crippen LogP contribution in [0.2, 0.25) is 0 Å². The molecule has 1 saturated heterocycles. The zero-order chi connectivity index (χ0) is 14.0. The molecule has 2 aliphatic heterocycles. The molecular weight excluding hydrogens is 248 g/mol. The van der Waals surface area contributed by atoms with Crippen molar-refractivity contribution in [1.29, 1.82) is 0 Å². The first-order chi connectivity index (χ1) is 9.78. The van der Waals surface area contributed by atoms with Crippen LogP contribution in [0.5, 0.6) is 5.75 Å². The van der Waals surface area contributed by atoms with Gasteiger partial charge in [0.2, 0.25) is 0 Å². The summed E-state index contributed by atoms with van der Waals surface area (Å²) in [6, 6.07) is 9.08. The highest BCUT2D eigenvalue weighted by Crippen LogP contribution is 2.37. The number of hydrogen-bond acceptors (Lipinski definition) is 3. The molecule has 1 unspecified atom stereocenters. The summed E-state index contributed by atoms with van der Waals surface area (Å²) in [6.45, 7) is 8.84. The molecule has 0 radical (unpaired) electrons. The summed E-state index contributed by atoms with van der Waals surface area (Å²) in [5.74, 6) is 1.08. The van der Waals surface area contributed by atoms with Gasteiger partial charge >= 0.3 is 0 Å². The Balaban J connectivity index is 1.83. The number of fused-ring (bicyclic) bond motifs is 1. The molecule has 3 rings (SSSR count). The van der Waals surface area contributed by atoms with E-state index >= 15 is 0 Å². The third kappa shape index (κ3) is 2.45. The first-order valence-corrected chi connectivity index (χ1v) is 7.99. The molecule has 20 heavy (non-hydrogen) atoms. The molecule has 0 aromatic heterocycles. The van der Waals surface area contributed by atoms with Gasteiger partial charge in [-0.25, -0.2) is 0 Å². The van der Waals surface area contributed by atoms with E-state index in [9.17, 15) is 0 Å². The Kier molecular flexibility index (Phi) is 3.99. The van der Waals surface area contributed by atoms with Crippen molar-refractivity contribution in [3.05, 3.63) is 29.8 Å². The summed E-state index contributed by atoms with van der Waals surface area (Å²) in [5, 5.41) is 3.75. The minimum Gasteiger partial charge on any atom is -0.493 e. The van der Waals surface area contributed by atoms with E-state index in [1.54, 1.807) is 0 Å². The van der Waals surface area contributed by atoms with Crippen LogP contribution in [0.4, 0.5) is 0 Å². The van der Waals surface area contributed by atoms with E-state index in [4.69, 9.17) is 4.74 Å². The van der Waals surface area contributed by atoms with Gasteiger partial charge in [0.25, 0.3) is 0 Å². The lowest BCUT2D eigenvalue weighted by Crippen LogP contribution is -2.60. The molecule has 2 aliphatic rings. The zero-order valence-corrected chi connectivity index (χ0v) is 12.7. The van der Waals surface area contributed by atoms with Gasteiger partial charge < -0.3 is 10.1 Å². The normalized spacial score (nSPS) is 25.8. The van der Waals surface area contributed by atoms with Crippen LogP contribution in [0.25, 0.3) is 0 Å². The average Bonchev–Trinajstić information content (AvgIpc) is 2.54. The van der Waals surface area contributed by atoms with Crippen molar-refractivity contribution in [3.8, 4) is 5.75 Å².